The van der Waals surface area contributed by atoms with E-state index in [4.69, 9.17) is 14.2 Å². The Morgan fingerprint density at radius 3 is 2.48 bits per heavy atom. The van der Waals surface area contributed by atoms with Crippen LogP contribution in [0.5, 0.6) is 5.75 Å². The largest absolute Gasteiger partial charge is 0.487 e. The fraction of sp³-hybridized carbons (Fsp3) is 0.667. The molecule has 2 saturated heterocycles. The summed E-state index contributed by atoms with van der Waals surface area (Å²) in [4.78, 5) is 25.7. The molecule has 31 heavy (non-hydrogen) atoms. The van der Waals surface area contributed by atoms with Crippen LogP contribution in [-0.4, -0.2) is 53.0 Å². The molecule has 2 fully saturated rings. The van der Waals surface area contributed by atoms with Gasteiger partial charge in [0.1, 0.15) is 17.0 Å². The first-order chi connectivity index (χ1) is 14.4. The lowest BCUT2D eigenvalue weighted by molar-refractivity contribution is -0.173. The van der Waals surface area contributed by atoms with E-state index in [1.165, 1.54) is 0 Å². The Bertz CT molecular complexity index is 879. The molecule has 0 saturated carbocycles. The van der Waals surface area contributed by atoms with E-state index >= 15 is 0 Å². The second-order valence-electron chi connectivity index (χ2n) is 10.8. The number of hydrogen-bond donors (Lipinski definition) is 1. The van der Waals surface area contributed by atoms with E-state index in [2.05, 4.69) is 13.8 Å². The molecule has 0 aromatic heterocycles. The van der Waals surface area contributed by atoms with Crippen molar-refractivity contribution in [1.82, 2.24) is 4.90 Å². The molecule has 7 nitrogen and oxygen atoms in total. The third kappa shape index (κ3) is 4.25. The van der Waals surface area contributed by atoms with Crippen molar-refractivity contribution >= 4 is 12.1 Å². The van der Waals surface area contributed by atoms with E-state index in [9.17, 15) is 14.7 Å². The summed E-state index contributed by atoms with van der Waals surface area (Å²) in [6.07, 6.45) is 2.19. The number of likely N-dealkylation sites (tertiary alicyclic amines) is 1. The molecule has 1 aromatic carbocycles. The summed E-state index contributed by atoms with van der Waals surface area (Å²) in [6.45, 7) is 11.7. The highest BCUT2D eigenvalue weighted by Gasteiger charge is 2.53. The average Bonchev–Trinajstić information content (AvgIpc) is 2.67. The van der Waals surface area contributed by atoms with Gasteiger partial charge in [-0.2, -0.15) is 0 Å². The van der Waals surface area contributed by atoms with Gasteiger partial charge in [0.05, 0.1) is 18.3 Å². The maximum atomic E-state index is 12.4. The molecule has 4 rings (SSSR count). The molecule has 3 aliphatic heterocycles. The fourth-order valence-corrected chi connectivity index (χ4v) is 5.13. The first kappa shape index (κ1) is 21.9. The third-order valence-corrected chi connectivity index (χ3v) is 6.89. The number of benzene rings is 1. The summed E-state index contributed by atoms with van der Waals surface area (Å²) in [5, 5.41) is 9.40. The van der Waals surface area contributed by atoms with E-state index < -0.39 is 17.2 Å². The van der Waals surface area contributed by atoms with Gasteiger partial charge in [-0.15, -0.1) is 0 Å². The molecule has 1 N–H and O–H groups in total. The Kier molecular flexibility index (Phi) is 5.23. The summed E-state index contributed by atoms with van der Waals surface area (Å²) < 4.78 is 18.3. The minimum absolute atomic E-state index is 0.0117. The third-order valence-electron chi connectivity index (χ3n) is 6.89. The summed E-state index contributed by atoms with van der Waals surface area (Å²) in [7, 11) is 0. The highest BCUT2D eigenvalue weighted by molar-refractivity contribution is 5.88. The van der Waals surface area contributed by atoms with Crippen molar-refractivity contribution < 1.29 is 28.9 Å². The number of rotatable bonds is 1. The number of ether oxygens (including phenoxy) is 3. The van der Waals surface area contributed by atoms with Crippen LogP contribution in [-0.2, 0) is 9.47 Å². The molecule has 3 heterocycles. The first-order valence-corrected chi connectivity index (χ1v) is 11.0. The number of aromatic carboxylic acids is 1. The molecule has 7 heteroatoms. The van der Waals surface area contributed by atoms with E-state index in [1.54, 1.807) is 23.1 Å². The monoisotopic (exact) mass is 431 g/mol. The number of carboxylic acid groups (broad SMARTS) is 1. The van der Waals surface area contributed by atoms with E-state index in [0.29, 0.717) is 25.4 Å². The smallest absolute Gasteiger partial charge is 0.410 e. The van der Waals surface area contributed by atoms with Crippen molar-refractivity contribution in [1.29, 1.82) is 0 Å². The molecule has 0 aliphatic carbocycles. The number of nitrogens with zero attached hydrogens (tertiary/aromatic N) is 1. The number of hydrogen-bond acceptors (Lipinski definition) is 5. The molecular weight excluding hydrogens is 398 g/mol. The quantitative estimate of drug-likeness (QED) is 0.697. The Hall–Kier alpha value is -2.28. The van der Waals surface area contributed by atoms with Crippen LogP contribution in [0.1, 0.15) is 75.9 Å². The summed E-state index contributed by atoms with van der Waals surface area (Å²) >= 11 is 0. The second-order valence-corrected chi connectivity index (χ2v) is 10.8. The topological polar surface area (TPSA) is 85.3 Å². The molecule has 1 spiro atoms. The molecule has 2 atom stereocenters. The number of fused-ring (bicyclic) bond motifs is 3. The predicted octanol–water partition coefficient (Wildman–Crippen LogP) is 4.65. The van der Waals surface area contributed by atoms with Crippen LogP contribution in [0.15, 0.2) is 18.2 Å². The number of piperidine rings is 1. The Morgan fingerprint density at radius 2 is 1.87 bits per heavy atom. The van der Waals surface area contributed by atoms with Crippen LogP contribution >= 0.6 is 0 Å². The van der Waals surface area contributed by atoms with Gasteiger partial charge in [0.15, 0.2) is 0 Å². The number of carbonyl (C=O) groups excluding carboxylic acids is 1. The zero-order valence-corrected chi connectivity index (χ0v) is 19.1. The van der Waals surface area contributed by atoms with Gasteiger partial charge in [0.2, 0.25) is 0 Å². The molecule has 1 amide bonds. The molecule has 0 unspecified atom stereocenters. The number of amides is 1. The highest BCUT2D eigenvalue weighted by Crippen LogP contribution is 2.55. The van der Waals surface area contributed by atoms with Crippen molar-refractivity contribution in [3.8, 4) is 5.75 Å². The molecule has 1 aromatic rings. The summed E-state index contributed by atoms with van der Waals surface area (Å²) in [5.41, 5.74) is 0.125. The lowest BCUT2D eigenvalue weighted by Gasteiger charge is -2.54. The lowest BCUT2D eigenvalue weighted by atomic mass is 9.64. The van der Waals surface area contributed by atoms with Gasteiger partial charge in [-0.25, -0.2) is 9.59 Å². The Balaban J connectivity index is 1.51. The van der Waals surface area contributed by atoms with Crippen molar-refractivity contribution in [3.05, 3.63) is 29.3 Å². The van der Waals surface area contributed by atoms with Crippen molar-refractivity contribution in [3.63, 3.8) is 0 Å². The van der Waals surface area contributed by atoms with Crippen LogP contribution in [0.2, 0.25) is 0 Å². The van der Waals surface area contributed by atoms with Gasteiger partial charge in [-0.1, -0.05) is 0 Å². The average molecular weight is 432 g/mol. The minimum Gasteiger partial charge on any atom is -0.487 e. The van der Waals surface area contributed by atoms with Crippen LogP contribution < -0.4 is 4.74 Å². The zero-order chi connectivity index (χ0) is 22.6. The maximum absolute atomic E-state index is 12.4. The van der Waals surface area contributed by atoms with Gasteiger partial charge >= 0.3 is 12.1 Å². The van der Waals surface area contributed by atoms with Gasteiger partial charge in [0.25, 0.3) is 0 Å². The van der Waals surface area contributed by atoms with E-state index in [1.807, 2.05) is 20.8 Å². The summed E-state index contributed by atoms with van der Waals surface area (Å²) in [6, 6.07) is 5.01. The molecule has 0 radical (unpaired) electrons. The van der Waals surface area contributed by atoms with E-state index in [0.717, 1.165) is 24.8 Å². The first-order valence-electron chi connectivity index (χ1n) is 11.0. The van der Waals surface area contributed by atoms with Gasteiger partial charge in [0, 0.05) is 24.6 Å². The van der Waals surface area contributed by atoms with Crippen LogP contribution in [0.4, 0.5) is 4.79 Å². The normalized spacial score (nSPS) is 26.4. The van der Waals surface area contributed by atoms with Gasteiger partial charge in [-0.3, -0.25) is 0 Å². The Labute approximate surface area is 183 Å². The van der Waals surface area contributed by atoms with Crippen molar-refractivity contribution in [2.24, 2.45) is 11.3 Å². The van der Waals surface area contributed by atoms with Crippen LogP contribution in [0.25, 0.3) is 0 Å². The van der Waals surface area contributed by atoms with Crippen molar-refractivity contribution in [2.45, 2.75) is 71.2 Å². The Morgan fingerprint density at radius 1 is 1.19 bits per heavy atom. The molecular formula is C24H33NO6. The number of carboxylic acids is 1. The highest BCUT2D eigenvalue weighted by atomic mass is 16.6. The predicted molar refractivity (Wildman–Crippen MR) is 114 cm³/mol. The van der Waals surface area contributed by atoms with Gasteiger partial charge < -0.3 is 24.2 Å². The van der Waals surface area contributed by atoms with Crippen LogP contribution in [0.3, 0.4) is 0 Å². The fourth-order valence-electron chi connectivity index (χ4n) is 5.13. The van der Waals surface area contributed by atoms with Crippen LogP contribution in [0, 0.1) is 11.3 Å². The maximum Gasteiger partial charge on any atom is 0.410 e. The second kappa shape index (κ2) is 7.40. The summed E-state index contributed by atoms with van der Waals surface area (Å²) in [5.74, 6) is -0.149. The SMILES string of the molecule is CC(C)(C)OC(=O)N1CCC2(CC1)CO[C@@H]1c3cc(C(=O)O)ccc3OC(C)(C)[C@H]1C2. The van der Waals surface area contributed by atoms with E-state index in [-0.39, 0.29) is 29.1 Å². The van der Waals surface area contributed by atoms with Gasteiger partial charge in [-0.05, 0) is 77.5 Å². The zero-order valence-electron chi connectivity index (χ0n) is 19.1. The molecule has 0 bridgehead atoms. The molecule has 170 valence electrons. The standard InChI is InChI=1S/C24H33NO6/c1-22(2,3)31-21(28)25-10-8-24(9-11-25)13-17-19(29-14-24)16-12-15(20(26)27)6-7-18(16)30-23(17,4)5/h6-7,12,17,19H,8-11,13-14H2,1-5H3,(H,26,27)/t17-,19+/m0/s1. The van der Waals surface area contributed by atoms with Crippen molar-refractivity contribution in [2.75, 3.05) is 19.7 Å². The number of carbonyl (C=O) groups is 2. The molecule has 3 aliphatic rings. The lowest BCUT2D eigenvalue weighted by Crippen LogP contribution is -2.55. The minimum atomic E-state index is -0.953.